The lowest BCUT2D eigenvalue weighted by Crippen LogP contribution is -2.35. The van der Waals surface area contributed by atoms with Crippen LogP contribution < -0.4 is 16.8 Å². The first-order valence-electron chi connectivity index (χ1n) is 3.97. The first-order chi connectivity index (χ1) is 4.81. The van der Waals surface area contributed by atoms with Gasteiger partial charge in [0.15, 0.2) is 0 Å². The Bertz CT molecular complexity index is 65.9. The minimum atomic E-state index is 0.302. The molecule has 0 aliphatic carbocycles. The van der Waals surface area contributed by atoms with Gasteiger partial charge in [0, 0.05) is 25.7 Å². The molecule has 0 rings (SSSR count). The molecule has 3 nitrogen and oxygen atoms in total. The molecule has 0 heterocycles. The molecule has 0 saturated heterocycles. The molecule has 0 amide bonds. The van der Waals surface area contributed by atoms with Crippen molar-refractivity contribution in [1.29, 1.82) is 0 Å². The normalized spacial score (nSPS) is 13.5. The summed E-state index contributed by atoms with van der Waals surface area (Å²) in [6.45, 7) is 4.60. The fourth-order valence-corrected chi connectivity index (χ4v) is 0.862. The Morgan fingerprint density at radius 3 is 2.70 bits per heavy atom. The third-order valence-electron chi connectivity index (χ3n) is 1.39. The van der Waals surface area contributed by atoms with Gasteiger partial charge in [0.05, 0.1) is 0 Å². The van der Waals surface area contributed by atoms with Crippen molar-refractivity contribution < 1.29 is 0 Å². The van der Waals surface area contributed by atoms with Gasteiger partial charge in [0.2, 0.25) is 0 Å². The summed E-state index contributed by atoms with van der Waals surface area (Å²) in [6.07, 6.45) is 2.25. The van der Waals surface area contributed by atoms with Crippen LogP contribution in [0.25, 0.3) is 0 Å². The van der Waals surface area contributed by atoms with Crippen LogP contribution in [0.3, 0.4) is 0 Å². The Morgan fingerprint density at radius 2 is 2.20 bits per heavy atom. The number of rotatable bonds is 6. The van der Waals surface area contributed by atoms with Gasteiger partial charge in [-0.25, -0.2) is 0 Å². The zero-order chi connectivity index (χ0) is 7.82. The first kappa shape index (κ1) is 9.88. The van der Waals surface area contributed by atoms with Crippen molar-refractivity contribution in [2.45, 2.75) is 25.8 Å². The third-order valence-corrected chi connectivity index (χ3v) is 1.39. The van der Waals surface area contributed by atoms with E-state index in [0.29, 0.717) is 12.6 Å². The van der Waals surface area contributed by atoms with Gasteiger partial charge in [-0.05, 0) is 6.42 Å². The lowest BCUT2D eigenvalue weighted by Gasteiger charge is -2.09. The topological polar surface area (TPSA) is 64.1 Å². The monoisotopic (exact) mass is 145 g/mol. The van der Waals surface area contributed by atoms with Gasteiger partial charge in [0.25, 0.3) is 0 Å². The Morgan fingerprint density at radius 1 is 1.50 bits per heavy atom. The molecule has 0 spiro atoms. The molecule has 0 aliphatic rings. The van der Waals surface area contributed by atoms with E-state index < -0.39 is 0 Å². The highest BCUT2D eigenvalue weighted by Gasteiger charge is 1.97. The van der Waals surface area contributed by atoms with Crippen LogP contribution in [-0.2, 0) is 0 Å². The van der Waals surface area contributed by atoms with Gasteiger partial charge in [0.1, 0.15) is 0 Å². The molecule has 0 radical (unpaired) electrons. The second kappa shape index (κ2) is 6.99. The van der Waals surface area contributed by atoms with E-state index in [-0.39, 0.29) is 0 Å². The minimum absolute atomic E-state index is 0.302. The summed E-state index contributed by atoms with van der Waals surface area (Å²) in [5.41, 5.74) is 11.0. The van der Waals surface area contributed by atoms with Crippen molar-refractivity contribution in [1.82, 2.24) is 5.32 Å². The fraction of sp³-hybridized carbons (Fsp3) is 1.00. The summed E-state index contributed by atoms with van der Waals surface area (Å²) in [5, 5.41) is 3.17. The van der Waals surface area contributed by atoms with Crippen molar-refractivity contribution in [2.24, 2.45) is 11.5 Å². The second-order valence-corrected chi connectivity index (χ2v) is 2.54. The molecule has 0 aromatic carbocycles. The standard InChI is InChI=1S/C7H19N3/c1-2-3-7(9)6-10-5-4-8/h7,10H,2-6,8-9H2,1H3. The molecular formula is C7H19N3. The SMILES string of the molecule is CCCC(N)CNCCN. The smallest absolute Gasteiger partial charge is 0.0165 e. The lowest BCUT2D eigenvalue weighted by atomic mass is 10.2. The molecule has 10 heavy (non-hydrogen) atoms. The van der Waals surface area contributed by atoms with Crippen molar-refractivity contribution in [3.8, 4) is 0 Å². The largest absolute Gasteiger partial charge is 0.329 e. The molecule has 62 valence electrons. The second-order valence-electron chi connectivity index (χ2n) is 2.54. The molecule has 5 N–H and O–H groups in total. The highest BCUT2D eigenvalue weighted by Crippen LogP contribution is 1.89. The van der Waals surface area contributed by atoms with Crippen LogP contribution in [0, 0.1) is 0 Å². The predicted molar refractivity (Wildman–Crippen MR) is 44.8 cm³/mol. The Labute approximate surface area is 63.2 Å². The van der Waals surface area contributed by atoms with Crippen LogP contribution in [-0.4, -0.2) is 25.7 Å². The zero-order valence-corrected chi connectivity index (χ0v) is 6.77. The zero-order valence-electron chi connectivity index (χ0n) is 6.77. The number of nitrogens with two attached hydrogens (primary N) is 2. The van der Waals surface area contributed by atoms with E-state index in [1.807, 2.05) is 0 Å². The van der Waals surface area contributed by atoms with Crippen LogP contribution in [0.1, 0.15) is 19.8 Å². The molecule has 1 unspecified atom stereocenters. The molecule has 0 aromatic rings. The summed E-state index contributed by atoms with van der Waals surface area (Å²) in [4.78, 5) is 0. The van der Waals surface area contributed by atoms with Crippen LogP contribution in [0.15, 0.2) is 0 Å². The van der Waals surface area contributed by atoms with Crippen LogP contribution in [0.4, 0.5) is 0 Å². The van der Waals surface area contributed by atoms with E-state index in [9.17, 15) is 0 Å². The predicted octanol–water partition coefficient (Wildman–Crippen LogP) is -0.338. The molecular weight excluding hydrogens is 126 g/mol. The number of hydrogen-bond donors (Lipinski definition) is 3. The first-order valence-corrected chi connectivity index (χ1v) is 3.97. The molecule has 0 fully saturated rings. The van der Waals surface area contributed by atoms with Gasteiger partial charge >= 0.3 is 0 Å². The summed E-state index contributed by atoms with van der Waals surface area (Å²) >= 11 is 0. The highest BCUT2D eigenvalue weighted by molar-refractivity contribution is 4.63. The summed E-state index contributed by atoms with van der Waals surface area (Å²) in [6, 6.07) is 0.302. The third kappa shape index (κ3) is 6.01. The molecule has 3 heteroatoms. The van der Waals surface area contributed by atoms with Gasteiger partial charge in [-0.3, -0.25) is 0 Å². The van der Waals surface area contributed by atoms with Gasteiger partial charge in [-0.15, -0.1) is 0 Å². The van der Waals surface area contributed by atoms with E-state index in [0.717, 1.165) is 25.9 Å². The van der Waals surface area contributed by atoms with Crippen molar-refractivity contribution >= 4 is 0 Å². The maximum atomic E-state index is 5.72. The van der Waals surface area contributed by atoms with Crippen molar-refractivity contribution in [3.05, 3.63) is 0 Å². The van der Waals surface area contributed by atoms with Crippen LogP contribution in [0.5, 0.6) is 0 Å². The van der Waals surface area contributed by atoms with Crippen molar-refractivity contribution in [3.63, 3.8) is 0 Å². The quantitative estimate of drug-likeness (QED) is 0.448. The Kier molecular flexibility index (Phi) is 6.91. The Balaban J connectivity index is 2.97. The molecule has 0 saturated carbocycles. The average molecular weight is 145 g/mol. The molecule has 0 aromatic heterocycles. The molecule has 0 aliphatic heterocycles. The highest BCUT2D eigenvalue weighted by atomic mass is 14.9. The van der Waals surface area contributed by atoms with Crippen LogP contribution in [0.2, 0.25) is 0 Å². The lowest BCUT2D eigenvalue weighted by molar-refractivity contribution is 0.543. The van der Waals surface area contributed by atoms with Crippen molar-refractivity contribution in [2.75, 3.05) is 19.6 Å². The van der Waals surface area contributed by atoms with Crippen LogP contribution >= 0.6 is 0 Å². The summed E-state index contributed by atoms with van der Waals surface area (Å²) in [7, 11) is 0. The van der Waals surface area contributed by atoms with E-state index in [2.05, 4.69) is 12.2 Å². The van der Waals surface area contributed by atoms with E-state index >= 15 is 0 Å². The Hall–Kier alpha value is -0.120. The average Bonchev–Trinajstić information content (AvgIpc) is 1.89. The van der Waals surface area contributed by atoms with Gasteiger partial charge in [-0.1, -0.05) is 13.3 Å². The molecule has 0 bridgehead atoms. The van der Waals surface area contributed by atoms with Gasteiger partial charge in [-0.2, -0.15) is 0 Å². The maximum absolute atomic E-state index is 5.72. The fourth-order valence-electron chi connectivity index (χ4n) is 0.862. The van der Waals surface area contributed by atoms with E-state index in [1.54, 1.807) is 0 Å². The van der Waals surface area contributed by atoms with E-state index in [4.69, 9.17) is 11.5 Å². The number of nitrogens with one attached hydrogen (secondary N) is 1. The van der Waals surface area contributed by atoms with E-state index in [1.165, 1.54) is 0 Å². The molecule has 1 atom stereocenters. The maximum Gasteiger partial charge on any atom is 0.0165 e. The number of hydrogen-bond acceptors (Lipinski definition) is 3. The summed E-state index contributed by atoms with van der Waals surface area (Å²) in [5.74, 6) is 0. The summed E-state index contributed by atoms with van der Waals surface area (Å²) < 4.78 is 0. The van der Waals surface area contributed by atoms with Gasteiger partial charge < -0.3 is 16.8 Å². The minimum Gasteiger partial charge on any atom is -0.329 e.